The van der Waals surface area contributed by atoms with Crippen molar-refractivity contribution < 1.29 is 9.47 Å². The van der Waals surface area contributed by atoms with Crippen LogP contribution in [0.4, 0.5) is 5.13 Å². The van der Waals surface area contributed by atoms with Gasteiger partial charge in [-0.25, -0.2) is 4.98 Å². The van der Waals surface area contributed by atoms with E-state index in [1.807, 2.05) is 0 Å². The molecule has 2 aromatic rings. The average molecular weight is 355 g/mol. The van der Waals surface area contributed by atoms with Crippen molar-refractivity contribution in [3.63, 3.8) is 0 Å². The first kappa shape index (κ1) is 16.4. The van der Waals surface area contributed by atoms with E-state index in [0.29, 0.717) is 29.9 Å². The van der Waals surface area contributed by atoms with Gasteiger partial charge in [0.1, 0.15) is 17.4 Å². The largest absolute Gasteiger partial charge is 0.492 e. The molecule has 3 rings (SSSR count). The predicted octanol–water partition coefficient (Wildman–Crippen LogP) is 3.03. The SMILES string of the molecule is COCc1nsc(N2CCC(COc3ccncc3Cl)CC2)n1. The molecule has 1 aliphatic rings. The van der Waals surface area contributed by atoms with Crippen molar-refractivity contribution in [2.45, 2.75) is 19.4 Å². The zero-order valence-electron chi connectivity index (χ0n) is 12.9. The van der Waals surface area contributed by atoms with Crippen molar-refractivity contribution in [2.75, 3.05) is 31.7 Å². The van der Waals surface area contributed by atoms with Crippen molar-refractivity contribution in [1.82, 2.24) is 14.3 Å². The number of aromatic nitrogens is 3. The smallest absolute Gasteiger partial charge is 0.205 e. The third kappa shape index (κ3) is 4.31. The van der Waals surface area contributed by atoms with Gasteiger partial charge in [-0.05, 0) is 18.8 Å². The van der Waals surface area contributed by atoms with Crippen LogP contribution in [0.15, 0.2) is 18.5 Å². The van der Waals surface area contributed by atoms with E-state index in [-0.39, 0.29) is 0 Å². The molecule has 124 valence electrons. The lowest BCUT2D eigenvalue weighted by Crippen LogP contribution is -2.35. The Hall–Kier alpha value is -1.44. The van der Waals surface area contributed by atoms with Crippen LogP contribution < -0.4 is 9.64 Å². The molecule has 1 saturated heterocycles. The Morgan fingerprint density at radius 2 is 2.22 bits per heavy atom. The minimum Gasteiger partial charge on any atom is -0.492 e. The number of hydrogen-bond acceptors (Lipinski definition) is 7. The van der Waals surface area contributed by atoms with Crippen molar-refractivity contribution in [3.05, 3.63) is 29.3 Å². The van der Waals surface area contributed by atoms with Crippen LogP contribution in [0.2, 0.25) is 5.02 Å². The van der Waals surface area contributed by atoms with E-state index in [2.05, 4.69) is 19.2 Å². The van der Waals surface area contributed by atoms with E-state index in [9.17, 15) is 0 Å². The van der Waals surface area contributed by atoms with Gasteiger partial charge >= 0.3 is 0 Å². The summed E-state index contributed by atoms with van der Waals surface area (Å²) < 4.78 is 15.2. The molecular formula is C15H19ClN4O2S. The molecule has 0 aromatic carbocycles. The third-order valence-corrected chi connectivity index (χ3v) is 4.92. The zero-order chi connectivity index (χ0) is 16.1. The summed E-state index contributed by atoms with van der Waals surface area (Å²) in [6, 6.07) is 1.80. The van der Waals surface area contributed by atoms with Gasteiger partial charge in [-0.2, -0.15) is 4.37 Å². The molecule has 0 radical (unpaired) electrons. The first-order valence-electron chi connectivity index (χ1n) is 7.55. The van der Waals surface area contributed by atoms with Gasteiger partial charge in [-0.15, -0.1) is 0 Å². The van der Waals surface area contributed by atoms with Gasteiger partial charge in [0.15, 0.2) is 5.82 Å². The highest BCUT2D eigenvalue weighted by molar-refractivity contribution is 7.09. The van der Waals surface area contributed by atoms with Crippen molar-refractivity contribution in [3.8, 4) is 5.75 Å². The van der Waals surface area contributed by atoms with Gasteiger partial charge in [0, 0.05) is 50.2 Å². The number of hydrogen-bond donors (Lipinski definition) is 0. The van der Waals surface area contributed by atoms with Crippen molar-refractivity contribution >= 4 is 28.3 Å². The Balaban J connectivity index is 1.47. The fraction of sp³-hybridized carbons (Fsp3) is 0.533. The van der Waals surface area contributed by atoms with Gasteiger partial charge in [-0.3, -0.25) is 4.98 Å². The molecule has 0 atom stereocenters. The molecule has 3 heterocycles. The number of nitrogens with zero attached hydrogens (tertiary/aromatic N) is 4. The van der Waals surface area contributed by atoms with Crippen LogP contribution in [-0.4, -0.2) is 41.1 Å². The Morgan fingerprint density at radius 1 is 1.39 bits per heavy atom. The fourth-order valence-corrected chi connectivity index (χ4v) is 3.44. The lowest BCUT2D eigenvalue weighted by molar-refractivity contribution is 0.179. The van der Waals surface area contributed by atoms with E-state index < -0.39 is 0 Å². The highest BCUT2D eigenvalue weighted by Gasteiger charge is 2.22. The Labute approximate surface area is 144 Å². The van der Waals surface area contributed by atoms with Crippen molar-refractivity contribution in [1.29, 1.82) is 0 Å². The molecule has 1 fully saturated rings. The van der Waals surface area contributed by atoms with Crippen molar-refractivity contribution in [2.24, 2.45) is 5.92 Å². The molecule has 0 N–H and O–H groups in total. The van der Waals surface area contributed by atoms with Gasteiger partial charge in [0.05, 0.1) is 6.61 Å². The molecule has 0 bridgehead atoms. The van der Waals surface area contributed by atoms with Gasteiger partial charge in [0.25, 0.3) is 0 Å². The molecule has 8 heteroatoms. The first-order chi connectivity index (χ1) is 11.3. The number of anilines is 1. The van der Waals surface area contributed by atoms with Crippen LogP contribution in [0.3, 0.4) is 0 Å². The van der Waals surface area contributed by atoms with Gasteiger partial charge in [0.2, 0.25) is 5.13 Å². The molecule has 23 heavy (non-hydrogen) atoms. The van der Waals surface area contributed by atoms with E-state index in [0.717, 1.165) is 36.9 Å². The monoisotopic (exact) mass is 354 g/mol. The third-order valence-electron chi connectivity index (χ3n) is 3.83. The van der Waals surface area contributed by atoms with Gasteiger partial charge < -0.3 is 14.4 Å². The second kappa shape index (κ2) is 7.90. The summed E-state index contributed by atoms with van der Waals surface area (Å²) in [5, 5.41) is 1.54. The predicted molar refractivity (Wildman–Crippen MR) is 90.3 cm³/mol. The number of methoxy groups -OCH3 is 1. The number of ether oxygens (including phenoxy) is 2. The maximum Gasteiger partial charge on any atom is 0.205 e. The second-order valence-corrected chi connectivity index (χ2v) is 6.61. The normalized spacial score (nSPS) is 15.8. The summed E-state index contributed by atoms with van der Waals surface area (Å²) in [6.45, 7) is 3.09. The fourth-order valence-electron chi connectivity index (χ4n) is 2.54. The second-order valence-electron chi connectivity index (χ2n) is 5.47. The average Bonchev–Trinajstić information content (AvgIpc) is 3.04. The number of piperidine rings is 1. The quantitative estimate of drug-likeness (QED) is 0.794. The van der Waals surface area contributed by atoms with Crippen LogP contribution in [0, 0.1) is 5.92 Å². The lowest BCUT2D eigenvalue weighted by Gasteiger charge is -2.31. The molecule has 2 aromatic heterocycles. The molecular weight excluding hydrogens is 336 g/mol. The van der Waals surface area contributed by atoms with Crippen LogP contribution in [0.1, 0.15) is 18.7 Å². The molecule has 1 aliphatic heterocycles. The summed E-state index contributed by atoms with van der Waals surface area (Å²) in [7, 11) is 1.65. The minimum absolute atomic E-state index is 0.466. The lowest BCUT2D eigenvalue weighted by atomic mass is 9.98. The zero-order valence-corrected chi connectivity index (χ0v) is 14.5. The Bertz CT molecular complexity index is 631. The van der Waals surface area contributed by atoms with Gasteiger partial charge in [-0.1, -0.05) is 11.6 Å². The van der Waals surface area contributed by atoms with Crippen LogP contribution in [-0.2, 0) is 11.3 Å². The highest BCUT2D eigenvalue weighted by atomic mass is 35.5. The summed E-state index contributed by atoms with van der Waals surface area (Å²) in [6.07, 6.45) is 5.44. The molecule has 0 unspecified atom stereocenters. The molecule has 0 spiro atoms. The highest BCUT2D eigenvalue weighted by Crippen LogP contribution is 2.27. The first-order valence-corrected chi connectivity index (χ1v) is 8.70. The van der Waals surface area contributed by atoms with Crippen LogP contribution in [0.25, 0.3) is 0 Å². The molecule has 0 amide bonds. The summed E-state index contributed by atoms with van der Waals surface area (Å²) in [5.41, 5.74) is 0. The standard InChI is InChI=1S/C15H19ClN4O2S/c1-21-10-14-18-15(23-19-14)20-6-3-11(4-7-20)9-22-13-2-5-17-8-12(13)16/h2,5,8,11H,3-4,6-7,9-10H2,1H3. The van der Waals surface area contributed by atoms with E-state index in [4.69, 9.17) is 21.1 Å². The summed E-state index contributed by atoms with van der Waals surface area (Å²) in [5.74, 6) is 1.99. The summed E-state index contributed by atoms with van der Waals surface area (Å²) in [4.78, 5) is 10.8. The van der Waals surface area contributed by atoms with E-state index in [1.54, 1.807) is 25.6 Å². The minimum atomic E-state index is 0.466. The van der Waals surface area contributed by atoms with E-state index >= 15 is 0 Å². The molecule has 0 saturated carbocycles. The maximum atomic E-state index is 6.05. The summed E-state index contributed by atoms with van der Waals surface area (Å²) >= 11 is 7.49. The number of halogens is 1. The van der Waals surface area contributed by atoms with Crippen LogP contribution in [0.5, 0.6) is 5.75 Å². The Kier molecular flexibility index (Phi) is 5.64. The number of rotatable bonds is 6. The number of pyridine rings is 1. The molecule has 0 aliphatic carbocycles. The van der Waals surface area contributed by atoms with Crippen LogP contribution >= 0.6 is 23.1 Å². The Morgan fingerprint density at radius 3 is 2.96 bits per heavy atom. The topological polar surface area (TPSA) is 60.4 Å². The van der Waals surface area contributed by atoms with E-state index in [1.165, 1.54) is 11.5 Å². The molecule has 6 nitrogen and oxygen atoms in total. The maximum absolute atomic E-state index is 6.05.